The third-order valence-corrected chi connectivity index (χ3v) is 3.61. The maximum absolute atomic E-state index is 10.0. The molecule has 1 aliphatic rings. The second-order valence-electron chi connectivity index (χ2n) is 7.40. The zero-order chi connectivity index (χ0) is 13.8. The Morgan fingerprint density at radius 1 is 1.22 bits per heavy atom. The van der Waals surface area contributed by atoms with Gasteiger partial charge in [0, 0.05) is 6.54 Å². The second kappa shape index (κ2) is 6.36. The molecule has 1 fully saturated rings. The molecule has 3 nitrogen and oxygen atoms in total. The van der Waals surface area contributed by atoms with Gasteiger partial charge in [0.2, 0.25) is 0 Å². The van der Waals surface area contributed by atoms with E-state index >= 15 is 0 Å². The molecule has 0 saturated carbocycles. The van der Waals surface area contributed by atoms with Crippen molar-refractivity contribution >= 4 is 0 Å². The molecule has 0 aromatic heterocycles. The fourth-order valence-corrected chi connectivity index (χ4v) is 2.36. The van der Waals surface area contributed by atoms with Crippen LogP contribution in [0.2, 0.25) is 0 Å². The largest absolute Gasteiger partial charge is 0.389 e. The molecule has 1 heterocycles. The molecule has 0 aromatic rings. The van der Waals surface area contributed by atoms with Crippen LogP contribution in [0.3, 0.4) is 0 Å². The molecule has 0 aromatic carbocycles. The third-order valence-electron chi connectivity index (χ3n) is 3.61. The monoisotopic (exact) mass is 257 g/mol. The lowest BCUT2D eigenvalue weighted by molar-refractivity contribution is -0.0560. The summed E-state index contributed by atoms with van der Waals surface area (Å²) in [6.45, 7) is 14.1. The maximum atomic E-state index is 10.0. The summed E-state index contributed by atoms with van der Waals surface area (Å²) in [6.07, 6.45) is 3.38. The molecule has 0 bridgehead atoms. The minimum Gasteiger partial charge on any atom is -0.389 e. The van der Waals surface area contributed by atoms with Crippen molar-refractivity contribution < 1.29 is 9.84 Å². The molecule has 1 unspecified atom stereocenters. The zero-order valence-electron chi connectivity index (χ0n) is 12.8. The van der Waals surface area contributed by atoms with Gasteiger partial charge >= 0.3 is 0 Å². The molecule has 1 aliphatic heterocycles. The first-order chi connectivity index (χ1) is 8.18. The summed E-state index contributed by atoms with van der Waals surface area (Å²) >= 11 is 0. The van der Waals surface area contributed by atoms with Gasteiger partial charge in [-0.15, -0.1) is 0 Å². The molecular formula is C15H31NO2. The van der Waals surface area contributed by atoms with Crippen LogP contribution in [0.5, 0.6) is 0 Å². The van der Waals surface area contributed by atoms with Gasteiger partial charge in [-0.2, -0.15) is 0 Å². The third kappa shape index (κ3) is 6.72. The van der Waals surface area contributed by atoms with Crippen LogP contribution in [-0.2, 0) is 4.74 Å². The first-order valence-corrected chi connectivity index (χ1v) is 7.22. The Balaban J connectivity index is 2.29. The van der Waals surface area contributed by atoms with Gasteiger partial charge in [0.15, 0.2) is 0 Å². The van der Waals surface area contributed by atoms with Crippen molar-refractivity contribution in [2.75, 3.05) is 26.2 Å². The Labute approximate surface area is 113 Å². The van der Waals surface area contributed by atoms with E-state index in [1.165, 1.54) is 19.3 Å². The number of nitrogens with zero attached hydrogens (tertiary/aromatic N) is 1. The number of aliphatic hydroxyl groups excluding tert-OH is 1. The maximum Gasteiger partial charge on any atom is 0.0900 e. The fraction of sp³-hybridized carbons (Fsp3) is 1.00. The molecule has 0 spiro atoms. The van der Waals surface area contributed by atoms with Crippen molar-refractivity contribution in [2.45, 2.75) is 65.6 Å². The van der Waals surface area contributed by atoms with E-state index < -0.39 is 0 Å². The molecule has 0 amide bonds. The summed E-state index contributed by atoms with van der Waals surface area (Å²) in [5.41, 5.74) is 0.295. The number of aliphatic hydroxyl groups is 1. The van der Waals surface area contributed by atoms with E-state index in [0.29, 0.717) is 12.0 Å². The number of ether oxygens (including phenoxy) is 1. The minimum atomic E-state index is -0.370. The highest BCUT2D eigenvalue weighted by Gasteiger charge is 2.24. The van der Waals surface area contributed by atoms with Crippen LogP contribution in [0, 0.1) is 5.41 Å². The van der Waals surface area contributed by atoms with Crippen molar-refractivity contribution in [3.8, 4) is 0 Å². The highest BCUT2D eigenvalue weighted by atomic mass is 16.5. The van der Waals surface area contributed by atoms with Gasteiger partial charge in [0.1, 0.15) is 0 Å². The number of rotatable bonds is 4. The van der Waals surface area contributed by atoms with Crippen molar-refractivity contribution in [3.63, 3.8) is 0 Å². The van der Waals surface area contributed by atoms with Crippen molar-refractivity contribution in [1.82, 2.24) is 4.90 Å². The van der Waals surface area contributed by atoms with E-state index in [4.69, 9.17) is 4.74 Å². The highest BCUT2D eigenvalue weighted by Crippen LogP contribution is 2.29. The van der Waals surface area contributed by atoms with Crippen LogP contribution in [-0.4, -0.2) is 48.0 Å². The molecule has 108 valence electrons. The number of likely N-dealkylation sites (tertiary alicyclic amines) is 1. The van der Waals surface area contributed by atoms with Crippen LogP contribution < -0.4 is 0 Å². The van der Waals surface area contributed by atoms with Gasteiger partial charge in [-0.1, -0.05) is 13.8 Å². The Morgan fingerprint density at radius 2 is 1.89 bits per heavy atom. The van der Waals surface area contributed by atoms with Crippen LogP contribution in [0.25, 0.3) is 0 Å². The van der Waals surface area contributed by atoms with E-state index in [1.807, 2.05) is 20.8 Å². The Bertz CT molecular complexity index is 245. The van der Waals surface area contributed by atoms with E-state index in [1.54, 1.807) is 0 Å². The van der Waals surface area contributed by atoms with Crippen molar-refractivity contribution in [2.24, 2.45) is 5.41 Å². The average Bonchev–Trinajstić information content (AvgIpc) is 2.37. The van der Waals surface area contributed by atoms with Crippen molar-refractivity contribution in [3.05, 3.63) is 0 Å². The van der Waals surface area contributed by atoms with Gasteiger partial charge in [-0.3, -0.25) is 0 Å². The predicted octanol–water partition coefficient (Wildman–Crippen LogP) is 2.67. The lowest BCUT2D eigenvalue weighted by Gasteiger charge is -2.27. The van der Waals surface area contributed by atoms with Crippen LogP contribution >= 0.6 is 0 Å². The van der Waals surface area contributed by atoms with Gasteiger partial charge in [0.25, 0.3) is 0 Å². The van der Waals surface area contributed by atoms with Crippen LogP contribution in [0.15, 0.2) is 0 Å². The van der Waals surface area contributed by atoms with E-state index in [9.17, 15) is 5.11 Å². The van der Waals surface area contributed by atoms with Gasteiger partial charge in [0.05, 0.1) is 18.3 Å². The Hall–Kier alpha value is -0.120. The molecule has 0 aliphatic carbocycles. The molecule has 1 atom stereocenters. The molecule has 1 N–H and O–H groups in total. The molecule has 1 rings (SSSR count). The Kier molecular flexibility index (Phi) is 5.63. The summed E-state index contributed by atoms with van der Waals surface area (Å²) in [6, 6.07) is 0. The lowest BCUT2D eigenvalue weighted by atomic mass is 9.85. The molecular weight excluding hydrogens is 226 g/mol. The molecule has 0 radical (unpaired) electrons. The standard InChI is InChI=1S/C15H31NO2/c1-14(2,3)18-12-13(17)11-16-9-6-7-15(4,5)8-10-16/h13,17H,6-12H2,1-5H3. The van der Waals surface area contributed by atoms with Crippen molar-refractivity contribution in [1.29, 1.82) is 0 Å². The average molecular weight is 257 g/mol. The smallest absolute Gasteiger partial charge is 0.0900 e. The first kappa shape index (κ1) is 15.9. The van der Waals surface area contributed by atoms with E-state index in [2.05, 4.69) is 18.7 Å². The lowest BCUT2D eigenvalue weighted by Crippen LogP contribution is -2.37. The van der Waals surface area contributed by atoms with E-state index in [-0.39, 0.29) is 11.7 Å². The summed E-state index contributed by atoms with van der Waals surface area (Å²) in [5, 5.41) is 10.0. The summed E-state index contributed by atoms with van der Waals surface area (Å²) < 4.78 is 5.63. The van der Waals surface area contributed by atoms with Gasteiger partial charge < -0.3 is 14.7 Å². The van der Waals surface area contributed by atoms with Crippen LogP contribution in [0.1, 0.15) is 53.9 Å². The fourth-order valence-electron chi connectivity index (χ4n) is 2.36. The summed E-state index contributed by atoms with van der Waals surface area (Å²) in [7, 11) is 0. The number of β-amino-alcohol motifs (C(OH)–C–C–N with tert-alkyl or cyclic N) is 1. The quantitative estimate of drug-likeness (QED) is 0.840. The summed E-state index contributed by atoms with van der Waals surface area (Å²) in [5.74, 6) is 0. The predicted molar refractivity (Wildman–Crippen MR) is 75.8 cm³/mol. The second-order valence-corrected chi connectivity index (χ2v) is 7.40. The topological polar surface area (TPSA) is 32.7 Å². The zero-order valence-corrected chi connectivity index (χ0v) is 12.8. The molecule has 18 heavy (non-hydrogen) atoms. The van der Waals surface area contributed by atoms with Crippen LogP contribution in [0.4, 0.5) is 0 Å². The molecule has 3 heteroatoms. The summed E-state index contributed by atoms with van der Waals surface area (Å²) in [4.78, 5) is 2.38. The molecule has 1 saturated heterocycles. The minimum absolute atomic E-state index is 0.165. The van der Waals surface area contributed by atoms with E-state index in [0.717, 1.165) is 19.6 Å². The highest BCUT2D eigenvalue weighted by molar-refractivity contribution is 4.77. The number of hydrogen-bond acceptors (Lipinski definition) is 3. The Morgan fingerprint density at radius 3 is 2.50 bits per heavy atom. The number of hydrogen-bond donors (Lipinski definition) is 1. The normalized spacial score (nSPS) is 23.7. The van der Waals surface area contributed by atoms with Gasteiger partial charge in [-0.25, -0.2) is 0 Å². The SMILES string of the molecule is CC1(C)CCCN(CC(O)COC(C)(C)C)CC1. The van der Waals surface area contributed by atoms with Gasteiger partial charge in [-0.05, 0) is 58.5 Å². The first-order valence-electron chi connectivity index (χ1n) is 7.22.